The molecule has 0 spiro atoms. The van der Waals surface area contributed by atoms with Crippen molar-refractivity contribution in [3.8, 4) is 11.3 Å². The molecule has 1 fully saturated rings. The smallest absolute Gasteiger partial charge is 0.324 e. The Bertz CT molecular complexity index is 1610. The molecule has 0 radical (unpaired) electrons. The predicted octanol–water partition coefficient (Wildman–Crippen LogP) is 4.72. The second kappa shape index (κ2) is 10.7. The summed E-state index contributed by atoms with van der Waals surface area (Å²) in [5.41, 5.74) is 1.81. The highest BCUT2D eigenvalue weighted by atomic mass is 35.5. The molecule has 1 aliphatic heterocycles. The van der Waals surface area contributed by atoms with Crippen molar-refractivity contribution in [1.29, 1.82) is 0 Å². The SMILES string of the molecule is O=C(O)CN(c1ccc2cc(-c3ccnc(N4CCOCC4)n3)ccc2c1)S(=O)(=O)c1cc(Cl)cc(Cl)c1. The number of benzene rings is 3. The molecule has 1 aliphatic rings. The zero-order valence-electron chi connectivity index (χ0n) is 19.9. The van der Waals surface area contributed by atoms with Gasteiger partial charge in [-0.3, -0.25) is 9.10 Å². The van der Waals surface area contributed by atoms with Crippen LogP contribution in [0, 0.1) is 0 Å². The van der Waals surface area contributed by atoms with E-state index in [0.717, 1.165) is 39.4 Å². The topological polar surface area (TPSA) is 113 Å². The van der Waals surface area contributed by atoms with Gasteiger partial charge in [-0.1, -0.05) is 41.4 Å². The summed E-state index contributed by atoms with van der Waals surface area (Å²) in [4.78, 5) is 22.6. The molecule has 0 atom stereocenters. The lowest BCUT2D eigenvalue weighted by Crippen LogP contribution is -2.37. The third-order valence-electron chi connectivity index (χ3n) is 6.05. The monoisotopic (exact) mass is 572 g/mol. The van der Waals surface area contributed by atoms with Gasteiger partial charge in [-0.2, -0.15) is 0 Å². The fraction of sp³-hybridized carbons (Fsp3) is 0.192. The number of carbonyl (C=O) groups is 1. The van der Waals surface area contributed by atoms with Crippen LogP contribution in [0.5, 0.6) is 0 Å². The highest BCUT2D eigenvalue weighted by Crippen LogP contribution is 2.31. The number of aliphatic carboxylic acids is 1. The van der Waals surface area contributed by atoms with Gasteiger partial charge in [-0.15, -0.1) is 0 Å². The van der Waals surface area contributed by atoms with Crippen molar-refractivity contribution in [2.24, 2.45) is 0 Å². The van der Waals surface area contributed by atoms with E-state index in [1.54, 1.807) is 24.4 Å². The molecule has 0 bridgehead atoms. The number of sulfonamides is 1. The number of nitrogens with zero attached hydrogens (tertiary/aromatic N) is 4. The molecule has 0 unspecified atom stereocenters. The molecular formula is C26H22Cl2N4O5S. The van der Waals surface area contributed by atoms with Gasteiger partial charge in [0.05, 0.1) is 29.5 Å². The fourth-order valence-electron chi connectivity index (χ4n) is 4.22. The van der Waals surface area contributed by atoms with E-state index < -0.39 is 22.5 Å². The Morgan fingerprint density at radius 1 is 0.974 bits per heavy atom. The maximum Gasteiger partial charge on any atom is 0.324 e. The first kappa shape index (κ1) is 26.2. The number of anilines is 2. The molecule has 2 heterocycles. The van der Waals surface area contributed by atoms with E-state index in [1.807, 2.05) is 24.3 Å². The number of aromatic nitrogens is 2. The van der Waals surface area contributed by atoms with Crippen molar-refractivity contribution < 1.29 is 23.1 Å². The van der Waals surface area contributed by atoms with E-state index in [2.05, 4.69) is 9.88 Å². The van der Waals surface area contributed by atoms with Gasteiger partial charge in [0.25, 0.3) is 10.0 Å². The van der Waals surface area contributed by atoms with Crippen LogP contribution in [0.25, 0.3) is 22.0 Å². The molecule has 0 amide bonds. The molecule has 1 saturated heterocycles. The van der Waals surface area contributed by atoms with Crippen LogP contribution in [-0.4, -0.2) is 62.3 Å². The van der Waals surface area contributed by atoms with Gasteiger partial charge < -0.3 is 14.7 Å². The average molecular weight is 573 g/mol. The van der Waals surface area contributed by atoms with Crippen molar-refractivity contribution in [2.75, 3.05) is 42.1 Å². The van der Waals surface area contributed by atoms with Crippen LogP contribution in [0.3, 0.4) is 0 Å². The molecule has 4 aromatic rings. The number of halogens is 2. The molecule has 0 aliphatic carbocycles. The largest absolute Gasteiger partial charge is 0.480 e. The van der Waals surface area contributed by atoms with Gasteiger partial charge >= 0.3 is 5.97 Å². The summed E-state index contributed by atoms with van der Waals surface area (Å²) < 4.78 is 33.1. The first-order valence-corrected chi connectivity index (χ1v) is 13.8. The minimum absolute atomic E-state index is 0.124. The second-order valence-corrected chi connectivity index (χ2v) is 11.3. The van der Waals surface area contributed by atoms with Crippen LogP contribution < -0.4 is 9.21 Å². The summed E-state index contributed by atoms with van der Waals surface area (Å²) in [6.45, 7) is 1.93. The van der Waals surface area contributed by atoms with Crippen molar-refractivity contribution in [3.63, 3.8) is 0 Å². The third-order valence-corrected chi connectivity index (χ3v) is 8.24. The van der Waals surface area contributed by atoms with Crippen LogP contribution in [0.1, 0.15) is 0 Å². The normalized spacial score (nSPS) is 14.0. The van der Waals surface area contributed by atoms with Crippen LogP contribution in [0.15, 0.2) is 71.8 Å². The molecule has 38 heavy (non-hydrogen) atoms. The Labute approximate surface area is 229 Å². The van der Waals surface area contributed by atoms with Gasteiger partial charge in [-0.05, 0) is 53.2 Å². The van der Waals surface area contributed by atoms with Gasteiger partial charge in [-0.25, -0.2) is 18.4 Å². The summed E-state index contributed by atoms with van der Waals surface area (Å²) in [5.74, 6) is -0.672. The number of hydrogen-bond acceptors (Lipinski definition) is 7. The number of ether oxygens (including phenoxy) is 1. The molecule has 3 aromatic carbocycles. The van der Waals surface area contributed by atoms with Gasteiger partial charge in [0.15, 0.2) is 0 Å². The molecule has 1 aromatic heterocycles. The Balaban J connectivity index is 1.50. The lowest BCUT2D eigenvalue weighted by atomic mass is 10.0. The van der Waals surface area contributed by atoms with Gasteiger partial charge in [0, 0.05) is 34.9 Å². The van der Waals surface area contributed by atoms with Crippen LogP contribution >= 0.6 is 23.2 Å². The quantitative estimate of drug-likeness (QED) is 0.338. The number of fused-ring (bicyclic) bond motifs is 1. The zero-order chi connectivity index (χ0) is 26.9. The highest BCUT2D eigenvalue weighted by Gasteiger charge is 2.28. The first-order chi connectivity index (χ1) is 18.2. The number of rotatable bonds is 7. The average Bonchev–Trinajstić information content (AvgIpc) is 2.91. The minimum atomic E-state index is -4.28. The Morgan fingerprint density at radius 2 is 1.66 bits per heavy atom. The van der Waals surface area contributed by atoms with Crippen molar-refractivity contribution in [2.45, 2.75) is 4.90 Å². The Kier molecular flexibility index (Phi) is 7.40. The maximum absolute atomic E-state index is 13.4. The van der Waals surface area contributed by atoms with Crippen molar-refractivity contribution in [1.82, 2.24) is 9.97 Å². The summed E-state index contributed by atoms with van der Waals surface area (Å²) in [6.07, 6.45) is 1.72. The third kappa shape index (κ3) is 5.53. The molecule has 5 rings (SSSR count). The molecule has 196 valence electrons. The summed E-state index contributed by atoms with van der Waals surface area (Å²) in [5, 5.41) is 11.3. The summed E-state index contributed by atoms with van der Waals surface area (Å²) in [6, 6.07) is 16.3. The van der Waals surface area contributed by atoms with E-state index in [0.29, 0.717) is 19.2 Å². The number of carboxylic acid groups (broad SMARTS) is 1. The van der Waals surface area contributed by atoms with Gasteiger partial charge in [0.1, 0.15) is 6.54 Å². The minimum Gasteiger partial charge on any atom is -0.480 e. The number of carboxylic acids is 1. The second-order valence-electron chi connectivity index (χ2n) is 8.60. The molecular weight excluding hydrogens is 551 g/mol. The van der Waals surface area contributed by atoms with Crippen molar-refractivity contribution in [3.05, 3.63) is 76.9 Å². The fourth-order valence-corrected chi connectivity index (χ4v) is 6.35. The zero-order valence-corrected chi connectivity index (χ0v) is 22.2. The summed E-state index contributed by atoms with van der Waals surface area (Å²) >= 11 is 12.0. The number of hydrogen-bond donors (Lipinski definition) is 1. The van der Waals surface area contributed by atoms with E-state index in [9.17, 15) is 18.3 Å². The van der Waals surface area contributed by atoms with E-state index in [4.69, 9.17) is 32.9 Å². The standard InChI is InChI=1S/C26H22Cl2N4O5S/c27-20-13-21(28)15-23(14-20)38(35,36)32(16-25(33)34)22-4-3-17-11-19(2-1-18(17)12-22)24-5-6-29-26(30-24)31-7-9-37-10-8-31/h1-6,11-15H,7-10,16H2,(H,33,34). The highest BCUT2D eigenvalue weighted by molar-refractivity contribution is 7.92. The van der Waals surface area contributed by atoms with E-state index in [1.165, 1.54) is 18.2 Å². The molecule has 1 N–H and O–H groups in total. The molecule has 0 saturated carbocycles. The van der Waals surface area contributed by atoms with E-state index in [-0.39, 0.29) is 20.6 Å². The lowest BCUT2D eigenvalue weighted by molar-refractivity contribution is -0.135. The Morgan fingerprint density at radius 3 is 2.37 bits per heavy atom. The van der Waals surface area contributed by atoms with E-state index >= 15 is 0 Å². The van der Waals surface area contributed by atoms with Crippen LogP contribution in [0.4, 0.5) is 11.6 Å². The Hall–Kier alpha value is -3.44. The van der Waals surface area contributed by atoms with Crippen LogP contribution in [0.2, 0.25) is 10.0 Å². The molecule has 9 nitrogen and oxygen atoms in total. The van der Waals surface area contributed by atoms with Crippen LogP contribution in [-0.2, 0) is 19.6 Å². The summed E-state index contributed by atoms with van der Waals surface area (Å²) in [7, 11) is -4.28. The first-order valence-electron chi connectivity index (χ1n) is 11.6. The van der Waals surface area contributed by atoms with Gasteiger partial charge in [0.2, 0.25) is 5.95 Å². The lowest BCUT2D eigenvalue weighted by Gasteiger charge is -2.26. The molecule has 12 heteroatoms. The maximum atomic E-state index is 13.4. The van der Waals surface area contributed by atoms with Crippen molar-refractivity contribution >= 4 is 61.6 Å². The predicted molar refractivity (Wildman–Crippen MR) is 147 cm³/mol. The number of morpholine rings is 1.